The van der Waals surface area contributed by atoms with Gasteiger partial charge in [0.05, 0.1) is 20.6 Å². The van der Waals surface area contributed by atoms with Crippen molar-refractivity contribution in [3.63, 3.8) is 0 Å². The van der Waals surface area contributed by atoms with Gasteiger partial charge in [-0.1, -0.05) is 29.3 Å². The van der Waals surface area contributed by atoms with E-state index in [1.165, 1.54) is 27.4 Å². The SMILES string of the molecule is O=C(O)N1C[C@@H]2CN(S(=O)(=O)c3ccc(Cl)c(Cl)c3)Cc3cccnc3[C@H]2C1. The number of rotatable bonds is 2. The van der Waals surface area contributed by atoms with E-state index in [9.17, 15) is 18.3 Å². The first kappa shape index (κ1) is 19.4. The van der Waals surface area contributed by atoms with Crippen LogP contribution in [0, 0.1) is 5.92 Å². The molecule has 1 saturated heterocycles. The molecule has 1 aromatic heterocycles. The number of amides is 1. The zero-order valence-corrected chi connectivity index (χ0v) is 17.0. The van der Waals surface area contributed by atoms with Crippen molar-refractivity contribution in [2.75, 3.05) is 19.6 Å². The molecule has 1 aromatic carbocycles. The van der Waals surface area contributed by atoms with Crippen LogP contribution in [0.1, 0.15) is 17.2 Å². The molecule has 0 spiro atoms. The van der Waals surface area contributed by atoms with Crippen LogP contribution in [0.4, 0.5) is 4.79 Å². The number of benzene rings is 1. The van der Waals surface area contributed by atoms with Crippen LogP contribution in [0.2, 0.25) is 10.0 Å². The molecule has 2 atom stereocenters. The van der Waals surface area contributed by atoms with Crippen molar-refractivity contribution in [2.24, 2.45) is 5.92 Å². The number of hydrogen-bond acceptors (Lipinski definition) is 4. The Morgan fingerprint density at radius 2 is 1.93 bits per heavy atom. The number of carboxylic acid groups (broad SMARTS) is 1. The summed E-state index contributed by atoms with van der Waals surface area (Å²) in [5.74, 6) is -0.314. The van der Waals surface area contributed by atoms with Crippen LogP contribution in [0.25, 0.3) is 0 Å². The molecule has 0 bridgehead atoms. The minimum Gasteiger partial charge on any atom is -0.465 e. The number of fused-ring (bicyclic) bond motifs is 3. The van der Waals surface area contributed by atoms with E-state index < -0.39 is 16.1 Å². The number of nitrogens with zero attached hydrogens (tertiary/aromatic N) is 3. The third-order valence-electron chi connectivity index (χ3n) is 5.30. The molecule has 0 saturated carbocycles. The van der Waals surface area contributed by atoms with Gasteiger partial charge in [0.2, 0.25) is 10.0 Å². The van der Waals surface area contributed by atoms with E-state index >= 15 is 0 Å². The lowest BCUT2D eigenvalue weighted by Gasteiger charge is -2.24. The molecule has 1 N–H and O–H groups in total. The topological polar surface area (TPSA) is 90.8 Å². The Hall–Kier alpha value is -1.87. The van der Waals surface area contributed by atoms with E-state index in [0.717, 1.165) is 11.3 Å². The molecular formula is C18H17Cl2N3O4S. The van der Waals surface area contributed by atoms with Crippen LogP contribution in [0.5, 0.6) is 0 Å². The molecule has 2 aliphatic rings. The summed E-state index contributed by atoms with van der Waals surface area (Å²) in [5.41, 5.74) is 1.55. The second-order valence-electron chi connectivity index (χ2n) is 6.98. The lowest BCUT2D eigenvalue weighted by Crippen LogP contribution is -2.36. The van der Waals surface area contributed by atoms with Crippen LogP contribution in [-0.4, -0.2) is 53.4 Å². The molecule has 1 amide bonds. The van der Waals surface area contributed by atoms with E-state index in [4.69, 9.17) is 23.2 Å². The van der Waals surface area contributed by atoms with Crippen molar-refractivity contribution >= 4 is 39.3 Å². The van der Waals surface area contributed by atoms with Crippen molar-refractivity contribution < 1.29 is 18.3 Å². The van der Waals surface area contributed by atoms with E-state index in [2.05, 4.69) is 4.98 Å². The highest BCUT2D eigenvalue weighted by Gasteiger charge is 2.43. The average molecular weight is 442 g/mol. The summed E-state index contributed by atoms with van der Waals surface area (Å²) >= 11 is 11.9. The number of carbonyl (C=O) groups is 1. The van der Waals surface area contributed by atoms with Gasteiger partial charge in [-0.15, -0.1) is 0 Å². The predicted octanol–water partition coefficient (Wildman–Crippen LogP) is 3.29. The molecule has 2 aliphatic heterocycles. The standard InChI is InChI=1S/C18H17Cl2N3O4S/c19-15-4-3-13(6-16(15)20)28(26,27)23-8-11-2-1-5-21-17(11)14-10-22(18(24)25)7-12(14)9-23/h1-6,12,14H,7-10H2,(H,24,25)/t12-,14+/m1/s1. The summed E-state index contributed by atoms with van der Waals surface area (Å²) in [5, 5.41) is 9.82. The lowest BCUT2D eigenvalue weighted by molar-refractivity contribution is 0.153. The first-order valence-corrected chi connectivity index (χ1v) is 10.8. The van der Waals surface area contributed by atoms with Gasteiger partial charge in [0.1, 0.15) is 0 Å². The summed E-state index contributed by atoms with van der Waals surface area (Å²) in [6.07, 6.45) is 0.645. The van der Waals surface area contributed by atoms with Gasteiger partial charge >= 0.3 is 6.09 Å². The number of aromatic nitrogens is 1. The van der Waals surface area contributed by atoms with Gasteiger partial charge in [-0.05, 0) is 29.8 Å². The molecule has 3 heterocycles. The molecule has 1 fully saturated rings. The summed E-state index contributed by atoms with van der Waals surface area (Å²) in [6, 6.07) is 7.81. The monoisotopic (exact) mass is 441 g/mol. The first-order chi connectivity index (χ1) is 13.3. The highest BCUT2D eigenvalue weighted by atomic mass is 35.5. The largest absolute Gasteiger partial charge is 0.465 e. The molecular weight excluding hydrogens is 425 g/mol. The normalized spacial score (nSPS) is 22.4. The van der Waals surface area contributed by atoms with E-state index in [-0.39, 0.29) is 46.4 Å². The number of halogens is 2. The van der Waals surface area contributed by atoms with Gasteiger partial charge in [-0.25, -0.2) is 13.2 Å². The van der Waals surface area contributed by atoms with Crippen LogP contribution in [0.15, 0.2) is 41.4 Å². The molecule has 0 aliphatic carbocycles. The Kier molecular flexibility index (Phi) is 4.99. The van der Waals surface area contributed by atoms with Gasteiger partial charge < -0.3 is 10.0 Å². The molecule has 0 radical (unpaired) electrons. The zero-order chi connectivity index (χ0) is 20.1. The van der Waals surface area contributed by atoms with Gasteiger partial charge in [0.15, 0.2) is 0 Å². The number of sulfonamides is 1. The summed E-state index contributed by atoms with van der Waals surface area (Å²) in [6.45, 7) is 0.952. The van der Waals surface area contributed by atoms with Crippen LogP contribution < -0.4 is 0 Å². The zero-order valence-electron chi connectivity index (χ0n) is 14.6. The Morgan fingerprint density at radius 3 is 2.64 bits per heavy atom. The summed E-state index contributed by atoms with van der Waals surface area (Å²) < 4.78 is 28.0. The fourth-order valence-corrected chi connectivity index (χ4v) is 5.79. The molecule has 10 heteroatoms. The predicted molar refractivity (Wildman–Crippen MR) is 104 cm³/mol. The van der Waals surface area contributed by atoms with E-state index in [1.54, 1.807) is 12.3 Å². The third kappa shape index (κ3) is 3.34. The number of pyridine rings is 1. The quantitative estimate of drug-likeness (QED) is 0.771. The van der Waals surface area contributed by atoms with E-state index in [1.807, 2.05) is 6.07 Å². The van der Waals surface area contributed by atoms with Crippen molar-refractivity contribution in [3.05, 3.63) is 57.8 Å². The summed E-state index contributed by atoms with van der Waals surface area (Å²) in [7, 11) is -3.85. The van der Waals surface area contributed by atoms with Crippen molar-refractivity contribution in [1.29, 1.82) is 0 Å². The minimum absolute atomic E-state index is 0.0545. The van der Waals surface area contributed by atoms with E-state index in [0.29, 0.717) is 6.54 Å². The Balaban J connectivity index is 1.75. The fourth-order valence-electron chi connectivity index (χ4n) is 3.93. The molecule has 0 unspecified atom stereocenters. The van der Waals surface area contributed by atoms with Crippen molar-refractivity contribution in [2.45, 2.75) is 17.4 Å². The number of likely N-dealkylation sites (tertiary alicyclic amines) is 1. The molecule has 28 heavy (non-hydrogen) atoms. The maximum atomic E-state index is 13.3. The van der Waals surface area contributed by atoms with Crippen molar-refractivity contribution in [3.8, 4) is 0 Å². The average Bonchev–Trinajstić information content (AvgIpc) is 3.01. The molecule has 7 nitrogen and oxygen atoms in total. The second kappa shape index (κ2) is 7.18. The maximum absolute atomic E-state index is 13.3. The Bertz CT molecular complexity index is 1050. The van der Waals surface area contributed by atoms with Crippen LogP contribution in [0.3, 0.4) is 0 Å². The Labute approximate surface area is 172 Å². The summed E-state index contributed by atoms with van der Waals surface area (Å²) in [4.78, 5) is 17.3. The van der Waals surface area contributed by atoms with Gasteiger partial charge in [-0.2, -0.15) is 4.31 Å². The minimum atomic E-state index is -3.85. The third-order valence-corrected chi connectivity index (χ3v) is 7.85. The van der Waals surface area contributed by atoms with Gasteiger partial charge in [0.25, 0.3) is 0 Å². The first-order valence-electron chi connectivity index (χ1n) is 8.64. The lowest BCUT2D eigenvalue weighted by atomic mass is 9.91. The number of hydrogen-bond donors (Lipinski definition) is 1. The highest BCUT2D eigenvalue weighted by Crippen LogP contribution is 2.39. The smallest absolute Gasteiger partial charge is 0.407 e. The van der Waals surface area contributed by atoms with Gasteiger partial charge in [0, 0.05) is 44.2 Å². The molecule has 148 valence electrons. The second-order valence-corrected chi connectivity index (χ2v) is 9.73. The van der Waals surface area contributed by atoms with Crippen LogP contribution >= 0.6 is 23.2 Å². The molecule has 4 rings (SSSR count). The molecule has 2 aromatic rings. The Morgan fingerprint density at radius 1 is 1.14 bits per heavy atom. The van der Waals surface area contributed by atoms with Gasteiger partial charge in [-0.3, -0.25) is 4.98 Å². The maximum Gasteiger partial charge on any atom is 0.407 e. The fraction of sp³-hybridized carbons (Fsp3) is 0.333. The highest BCUT2D eigenvalue weighted by molar-refractivity contribution is 7.89. The van der Waals surface area contributed by atoms with Crippen molar-refractivity contribution in [1.82, 2.24) is 14.2 Å². The van der Waals surface area contributed by atoms with Crippen LogP contribution in [-0.2, 0) is 16.6 Å².